The Morgan fingerprint density at radius 2 is 1.81 bits per heavy atom. The normalized spacial score (nSPS) is 13.3. The highest BCUT2D eigenvalue weighted by molar-refractivity contribution is 8.11. The molecule has 2 heterocycles. The predicted octanol–water partition coefficient (Wildman–Crippen LogP) is 1.35. The lowest BCUT2D eigenvalue weighted by Gasteiger charge is -2.28. The van der Waals surface area contributed by atoms with Crippen molar-refractivity contribution in [2.24, 2.45) is 0 Å². The van der Waals surface area contributed by atoms with E-state index in [2.05, 4.69) is 40.2 Å². The zero-order valence-electron chi connectivity index (χ0n) is 20.1. The average Bonchev–Trinajstić information content (AvgIpc) is 2.85. The molecule has 4 rings (SSSR count). The van der Waals surface area contributed by atoms with Gasteiger partial charge < -0.3 is 26.1 Å². The minimum Gasteiger partial charge on any atom is -0.412 e. The first-order valence-corrected chi connectivity index (χ1v) is 13.2. The number of nitrogens with zero attached hydrogens (tertiary/aromatic N) is 5. The van der Waals surface area contributed by atoms with Gasteiger partial charge in [0, 0.05) is 49.5 Å². The number of nitriles is 1. The van der Waals surface area contributed by atoms with Crippen molar-refractivity contribution in [1.82, 2.24) is 9.97 Å². The number of morpholine rings is 1. The van der Waals surface area contributed by atoms with Crippen molar-refractivity contribution in [2.75, 3.05) is 47.4 Å². The molecule has 0 aliphatic carbocycles. The minimum atomic E-state index is -1.24. The molecule has 6 N–H and O–H groups in total. The predicted molar refractivity (Wildman–Crippen MR) is 145 cm³/mol. The van der Waals surface area contributed by atoms with Crippen LogP contribution in [0, 0.1) is 11.3 Å². The van der Waals surface area contributed by atoms with Crippen LogP contribution in [0.2, 0.25) is 0 Å². The molecule has 0 saturated carbocycles. The summed E-state index contributed by atoms with van der Waals surface area (Å²) in [5.74, 6) is 0.717. The first-order chi connectivity index (χ1) is 16.1. The van der Waals surface area contributed by atoms with Crippen LogP contribution >= 0.6 is 11.9 Å². The SMILES string of the molecule is CSN(c1ccc(-c2ccnc(Cc3ccc(N4CCOCC4)cc3)n2)cc1C#N)S(C)=O.O.O.O. The average molecular weight is 534 g/mol. The first kappa shape index (κ1) is 31.0. The molecule has 10 nitrogen and oxygen atoms in total. The molecule has 1 aliphatic heterocycles. The zero-order chi connectivity index (χ0) is 23.2. The fourth-order valence-electron chi connectivity index (χ4n) is 3.76. The number of hydrogen-bond donors (Lipinski definition) is 0. The van der Waals surface area contributed by atoms with Crippen LogP contribution in [0.4, 0.5) is 11.4 Å². The van der Waals surface area contributed by atoms with Crippen LogP contribution in [0.3, 0.4) is 0 Å². The standard InChI is InChI=1S/C24H25N5O2S2.3H2O/c1-32-29(33(2)30)23-8-5-19(16-20(23)17-25)22-9-10-26-24(27-22)15-18-3-6-21(7-4-18)28-11-13-31-14-12-28;;;/h3-10,16H,11-15H2,1-2H3;3*1H2. The third-order valence-corrected chi connectivity index (χ3v) is 7.66. The number of anilines is 2. The van der Waals surface area contributed by atoms with Gasteiger partial charge in [0.05, 0.1) is 30.2 Å². The van der Waals surface area contributed by atoms with Gasteiger partial charge in [0.2, 0.25) is 0 Å². The molecule has 1 unspecified atom stereocenters. The van der Waals surface area contributed by atoms with Gasteiger partial charge in [-0.1, -0.05) is 18.2 Å². The van der Waals surface area contributed by atoms with Gasteiger partial charge in [-0.25, -0.2) is 17.9 Å². The molecule has 36 heavy (non-hydrogen) atoms. The quantitative estimate of drug-likeness (QED) is 0.411. The van der Waals surface area contributed by atoms with Gasteiger partial charge in [0.1, 0.15) is 22.9 Å². The molecule has 0 amide bonds. The van der Waals surface area contributed by atoms with Crippen molar-refractivity contribution in [3.8, 4) is 17.3 Å². The summed E-state index contributed by atoms with van der Waals surface area (Å²) >= 11 is 1.32. The van der Waals surface area contributed by atoms with E-state index in [0.717, 1.165) is 48.9 Å². The lowest BCUT2D eigenvalue weighted by Crippen LogP contribution is -2.36. The molecular weight excluding hydrogens is 502 g/mol. The summed E-state index contributed by atoms with van der Waals surface area (Å²) in [6, 6.07) is 18.1. The molecule has 2 aromatic carbocycles. The van der Waals surface area contributed by atoms with E-state index >= 15 is 0 Å². The summed E-state index contributed by atoms with van der Waals surface area (Å²) in [7, 11) is -1.24. The van der Waals surface area contributed by atoms with Crippen LogP contribution in [-0.2, 0) is 22.1 Å². The van der Waals surface area contributed by atoms with Crippen molar-refractivity contribution < 1.29 is 25.4 Å². The van der Waals surface area contributed by atoms with Crippen LogP contribution in [0.1, 0.15) is 17.0 Å². The Bertz CT molecular complexity index is 1180. The van der Waals surface area contributed by atoms with Gasteiger partial charge in [-0.2, -0.15) is 5.26 Å². The lowest BCUT2D eigenvalue weighted by atomic mass is 10.1. The molecule has 12 heteroatoms. The van der Waals surface area contributed by atoms with Crippen LogP contribution in [0.5, 0.6) is 0 Å². The van der Waals surface area contributed by atoms with Gasteiger partial charge in [0.15, 0.2) is 0 Å². The molecule has 0 spiro atoms. The van der Waals surface area contributed by atoms with Crippen LogP contribution in [0.25, 0.3) is 11.3 Å². The highest BCUT2D eigenvalue weighted by atomic mass is 32.2. The van der Waals surface area contributed by atoms with E-state index in [1.165, 1.54) is 17.6 Å². The molecule has 1 atom stereocenters. The van der Waals surface area contributed by atoms with Gasteiger partial charge in [-0.05, 0) is 47.8 Å². The highest BCUT2D eigenvalue weighted by Crippen LogP contribution is 2.30. The Balaban J connectivity index is 0.00000216. The molecule has 194 valence electrons. The van der Waals surface area contributed by atoms with Crippen molar-refractivity contribution >= 4 is 34.3 Å². The van der Waals surface area contributed by atoms with E-state index in [1.807, 2.05) is 24.5 Å². The largest absolute Gasteiger partial charge is 0.412 e. The Morgan fingerprint density at radius 1 is 1.11 bits per heavy atom. The number of benzene rings is 2. The van der Waals surface area contributed by atoms with Crippen molar-refractivity contribution in [3.63, 3.8) is 0 Å². The number of rotatable bonds is 7. The maximum absolute atomic E-state index is 12.0. The maximum Gasteiger partial charge on any atom is 0.133 e. The maximum atomic E-state index is 12.0. The second-order valence-corrected chi connectivity index (χ2v) is 9.68. The fourth-order valence-corrected chi connectivity index (χ4v) is 5.39. The number of aromatic nitrogens is 2. The molecule has 1 aromatic heterocycles. The number of ether oxygens (including phenoxy) is 1. The minimum absolute atomic E-state index is 0. The van der Waals surface area contributed by atoms with E-state index in [1.54, 1.807) is 22.2 Å². The van der Waals surface area contributed by atoms with Crippen LogP contribution in [-0.4, -0.2) is 69.4 Å². The van der Waals surface area contributed by atoms with E-state index in [9.17, 15) is 9.47 Å². The van der Waals surface area contributed by atoms with Gasteiger partial charge in [-0.3, -0.25) is 0 Å². The highest BCUT2D eigenvalue weighted by Gasteiger charge is 2.16. The molecule has 0 radical (unpaired) electrons. The summed E-state index contributed by atoms with van der Waals surface area (Å²) in [6.07, 6.45) is 5.79. The summed E-state index contributed by atoms with van der Waals surface area (Å²) in [5, 5.41) is 9.65. The van der Waals surface area contributed by atoms with Crippen molar-refractivity contribution in [2.45, 2.75) is 6.42 Å². The molecule has 3 aromatic rings. The molecule has 1 saturated heterocycles. The summed E-state index contributed by atoms with van der Waals surface area (Å²) in [5.41, 5.74) is 5.00. The Morgan fingerprint density at radius 3 is 2.42 bits per heavy atom. The third kappa shape index (κ3) is 7.23. The summed E-state index contributed by atoms with van der Waals surface area (Å²) in [6.45, 7) is 3.36. The zero-order valence-corrected chi connectivity index (χ0v) is 21.7. The Labute approximate surface area is 217 Å². The molecule has 1 fully saturated rings. The van der Waals surface area contributed by atoms with Crippen LogP contribution in [0.15, 0.2) is 54.7 Å². The fraction of sp³-hybridized carbons (Fsp3) is 0.292. The molecule has 1 aliphatic rings. The van der Waals surface area contributed by atoms with Crippen molar-refractivity contribution in [3.05, 3.63) is 71.7 Å². The van der Waals surface area contributed by atoms with Crippen molar-refractivity contribution in [1.29, 1.82) is 5.26 Å². The van der Waals surface area contributed by atoms with E-state index in [-0.39, 0.29) is 16.4 Å². The van der Waals surface area contributed by atoms with Crippen LogP contribution < -0.4 is 8.61 Å². The van der Waals surface area contributed by atoms with E-state index in [4.69, 9.17) is 9.72 Å². The second kappa shape index (κ2) is 14.5. The monoisotopic (exact) mass is 533 g/mol. The third-order valence-electron chi connectivity index (χ3n) is 5.39. The van der Waals surface area contributed by atoms with Gasteiger partial charge >= 0.3 is 0 Å². The topological polar surface area (TPSA) is 177 Å². The molecular formula is C24H31N5O5S2. The first-order valence-electron chi connectivity index (χ1n) is 10.5. The second-order valence-electron chi connectivity index (χ2n) is 7.51. The van der Waals surface area contributed by atoms with Gasteiger partial charge in [-0.15, -0.1) is 0 Å². The summed E-state index contributed by atoms with van der Waals surface area (Å²) < 4.78 is 19.1. The number of hydrogen-bond acceptors (Lipinski definition) is 7. The van der Waals surface area contributed by atoms with E-state index in [0.29, 0.717) is 17.7 Å². The molecule has 0 bridgehead atoms. The lowest BCUT2D eigenvalue weighted by molar-refractivity contribution is 0.122. The van der Waals surface area contributed by atoms with E-state index < -0.39 is 11.0 Å². The van der Waals surface area contributed by atoms with Gasteiger partial charge in [0.25, 0.3) is 0 Å². The Kier molecular flexibility index (Phi) is 12.5. The summed E-state index contributed by atoms with van der Waals surface area (Å²) in [4.78, 5) is 11.5. The smallest absolute Gasteiger partial charge is 0.133 e. The Hall–Kier alpha value is -3.05.